The van der Waals surface area contributed by atoms with Crippen LogP contribution in [0.3, 0.4) is 0 Å². The molecule has 26 rings (SSSR count). The Morgan fingerprint density at radius 1 is 0.432 bits per heavy atom. The highest BCUT2D eigenvalue weighted by Gasteiger charge is 2.51. The number of piperidine rings is 7. The number of hydrogen-bond acceptors (Lipinski definition) is 27. The molecule has 148 heavy (non-hydrogen) atoms. The summed E-state index contributed by atoms with van der Waals surface area (Å²) in [6.07, 6.45) is 18.6. The van der Waals surface area contributed by atoms with Gasteiger partial charge < -0.3 is 66.4 Å². The molecule has 14 atom stereocenters. The van der Waals surface area contributed by atoms with Crippen LogP contribution in [0.5, 0.6) is 11.5 Å². The lowest BCUT2D eigenvalue weighted by molar-refractivity contribution is -0.287. The minimum atomic E-state index is -3.76. The first-order chi connectivity index (χ1) is 69.1. The highest BCUT2D eigenvalue weighted by atomic mass is 79.9. The summed E-state index contributed by atoms with van der Waals surface area (Å²) in [6, 6.07) is 44.8. The molecule has 3 saturated carbocycles. The Balaban J connectivity index is 0.000000153. The third-order valence-electron chi connectivity index (χ3n) is 29.8. The normalized spacial score (nSPS) is 23.7. The van der Waals surface area contributed by atoms with Gasteiger partial charge in [0, 0.05) is 134 Å². The van der Waals surface area contributed by atoms with Crippen molar-refractivity contribution in [1.29, 1.82) is 36.8 Å². The molecule has 16 aliphatic rings. The van der Waals surface area contributed by atoms with Crippen LogP contribution in [0.4, 0.5) is 37.9 Å². The molecule has 0 radical (unpaired) electrons. The molecule has 6 bridgehead atoms. The van der Waals surface area contributed by atoms with Gasteiger partial charge in [0.2, 0.25) is 0 Å². The quantitative estimate of drug-likeness (QED) is 0.0424. The maximum absolute atomic E-state index is 13.7. The number of carbonyl (C=O) groups is 2. The van der Waals surface area contributed by atoms with Crippen molar-refractivity contribution in [3.8, 4) is 54.0 Å². The summed E-state index contributed by atoms with van der Waals surface area (Å²) < 4.78 is 50.5. The van der Waals surface area contributed by atoms with Crippen molar-refractivity contribution in [2.75, 3.05) is 79.6 Å². The number of ether oxygens (including phenoxy) is 4. The summed E-state index contributed by atoms with van der Waals surface area (Å²) in [5.41, 5.74) is 18.3. The number of hydrogen-bond donors (Lipinski definition) is 13. The number of halogens is 12. The second kappa shape index (κ2) is 49.6. The molecule has 32 nitrogen and oxygen atoms in total. The summed E-state index contributed by atoms with van der Waals surface area (Å²) >= 11 is 14.4. The zero-order chi connectivity index (χ0) is 98.9. The zero-order valence-electron chi connectivity index (χ0n) is 80.3. The molecule has 0 amide bonds. The largest absolute Gasteiger partial charge is 0.586 e. The first kappa shape index (κ1) is 114. The summed E-state index contributed by atoms with van der Waals surface area (Å²) in [5, 5.41) is 132. The van der Waals surface area contributed by atoms with Crippen molar-refractivity contribution in [2.45, 2.75) is 158 Å². The number of H-pyrrole nitrogens is 5. The van der Waals surface area contributed by atoms with Crippen molar-refractivity contribution in [1.82, 2.24) is 71.8 Å². The SMILES string of the molecule is Br.Br.CCCC1=C(C(=O)OCC)C(c2cccc3c2OC(F)(F)O3)c2cn[nH]c2N1.CCOC(=O)C1=C(C2CCNCC2)Nc2[nH]ncc2C1c1cccc(C#N)c1Br.CN1C[C@@H]2CC[C@H]1[C@H](C1=C(C#N)C(c3cccc(C#N)c3Br)c3cn[nH]c3N1)C2.Cl.Cl.Cl.Cl.N#CC1=C([C@@H]2C[C@H]3CC[C@@H]2NC3)Nc2[nH]ncc2C1c1cccc(C#N)c1Br.N#CC1=C([C@H]2C[C@H]3CC[C@@H]2NC3)Nc2[nH]ncc2C1c1cccc(C#N)c1Br. The number of anilines is 5. The van der Waals surface area contributed by atoms with Gasteiger partial charge in [-0.3, -0.25) is 25.5 Å². The van der Waals surface area contributed by atoms with Crippen molar-refractivity contribution < 1.29 is 37.3 Å². The molecule has 13 N–H and O–H groups in total. The number of carbonyl (C=O) groups excluding carboxylic acids is 2. The molecule has 7 saturated heterocycles. The number of nitrogens with zero attached hydrogens (tertiary/aromatic N) is 13. The van der Waals surface area contributed by atoms with E-state index in [1.54, 1.807) is 74.3 Å². The lowest BCUT2D eigenvalue weighted by Gasteiger charge is -2.50. The number of benzene rings is 5. The van der Waals surface area contributed by atoms with Crippen LogP contribution in [-0.4, -0.2) is 145 Å². The number of nitriles is 7. The Kier molecular flexibility index (Phi) is 38.1. The molecule has 5 aromatic carbocycles. The molecular weight excluding hydrogens is 2370 g/mol. The fourth-order valence-electron chi connectivity index (χ4n) is 23.4. The van der Waals surface area contributed by atoms with E-state index in [9.17, 15) is 55.2 Å². The second-order valence-electron chi connectivity index (χ2n) is 37.6. The standard InChI is InChI=1S/C22H21BrN6.2C21H19BrN6.C21H22BrN5O2.C19H19F2N3O4.2BrH.4ClH/c1-29-11-12-5-6-18(29)15(7-12)21-16(9-25)19(17-10-26-28-22(17)27-21)14-4-2-3-13(8-24)20(14)23;2*22-19-12(7-23)2-1-3-13(19)18-15(8-24)20(27-21-16(18)10-26-28-21)14-6-11-4-5-17(14)25-9-11;1-2-29-21(28)17-16(14-5-3-4-13(10-23)18(14)22)15-11-25-27-20(15)26-19(17)12-6-8-24-9-7-12;1-3-6-12-15(18(25)26-4-2)14(11-9-22-24-17(11)23-12)10-7-5-8-13-16(10)28-19(20,21)27-13;;;;;;/h2-4,10,12,15,18-19H,5-7,11H2,1H3,(H2,26,27,28);2*1-3,10-11,14,17-18,25H,4-6,9H2,(H2,26,27,28);3-5,11-12,16,24H,2,6-9H2,1H3,(H2,25,26,27);5,7-9,14H,3-4,6H2,1-2H3,(H2,22,23,24);6*1H/t12-,15-,18+,19?;11-,14+,17+,18?;11-,14-,17+,18?;;;;;;;;/m111......../s1. The number of fused-ring (bicyclic) bond motifs is 15. The maximum Gasteiger partial charge on any atom is 0.586 e. The topological polar surface area (TPSA) is 480 Å². The number of esters is 2. The third-order valence-corrected chi connectivity index (χ3v) is 33.3. The molecule has 3 aliphatic carbocycles. The summed E-state index contributed by atoms with van der Waals surface area (Å²) in [4.78, 5) is 28.5. The first-order valence-electron chi connectivity index (χ1n) is 47.9. The van der Waals surface area contributed by atoms with Crippen LogP contribution in [0.25, 0.3) is 0 Å². The molecule has 44 heteroatoms. The molecule has 772 valence electrons. The molecule has 0 spiro atoms. The van der Waals surface area contributed by atoms with Crippen LogP contribution >= 0.6 is 147 Å². The zero-order valence-corrected chi connectivity index (χ0v) is 93.4. The number of para-hydroxylation sites is 1. The maximum atomic E-state index is 13.7. The van der Waals surface area contributed by atoms with Gasteiger partial charge in [0.1, 0.15) is 53.4 Å². The van der Waals surface area contributed by atoms with Gasteiger partial charge in [-0.2, -0.15) is 62.3 Å². The number of aromatic nitrogens is 10. The van der Waals surface area contributed by atoms with Crippen LogP contribution in [-0.2, 0) is 19.1 Å². The summed E-state index contributed by atoms with van der Waals surface area (Å²) in [6.45, 7) is 11.1. The number of rotatable bonds is 15. The minimum absolute atomic E-state index is 0. The van der Waals surface area contributed by atoms with Crippen LogP contribution in [0.2, 0.25) is 0 Å². The van der Waals surface area contributed by atoms with E-state index < -0.39 is 18.2 Å². The van der Waals surface area contributed by atoms with Crippen LogP contribution < -0.4 is 52.0 Å². The van der Waals surface area contributed by atoms with Gasteiger partial charge in [-0.25, -0.2) is 9.59 Å². The molecule has 10 aromatic rings. The molecule has 5 aromatic heterocycles. The van der Waals surface area contributed by atoms with E-state index in [-0.39, 0.29) is 137 Å². The Bertz CT molecular complexity index is 6940. The van der Waals surface area contributed by atoms with E-state index in [0.29, 0.717) is 127 Å². The predicted molar refractivity (Wildman–Crippen MR) is 586 cm³/mol. The van der Waals surface area contributed by atoms with Gasteiger partial charge in [0.05, 0.1) is 136 Å². The Hall–Kier alpha value is -11.4. The number of aromatic amines is 5. The Morgan fingerprint density at radius 2 is 0.791 bits per heavy atom. The van der Waals surface area contributed by atoms with Gasteiger partial charge in [0.15, 0.2) is 11.5 Å². The van der Waals surface area contributed by atoms with Crippen LogP contribution in [0.15, 0.2) is 196 Å². The monoisotopic (exact) mass is 2470 g/mol. The lowest BCUT2D eigenvalue weighted by Crippen LogP contribution is -2.52. The van der Waals surface area contributed by atoms with E-state index in [1.165, 1.54) is 31.7 Å². The van der Waals surface area contributed by atoms with E-state index in [4.69, 9.17) is 14.2 Å². The Labute approximate surface area is 933 Å². The first-order valence-corrected chi connectivity index (χ1v) is 51.1. The van der Waals surface area contributed by atoms with E-state index in [1.807, 2.05) is 62.4 Å². The summed E-state index contributed by atoms with van der Waals surface area (Å²) in [5.74, 6) is 4.19. The van der Waals surface area contributed by atoms with E-state index in [0.717, 1.165) is 205 Å². The fraction of sp³-hybridized carbons (Fsp3) is 0.385. The molecular formula is C104H106Br6Cl4F2N26O6. The van der Waals surface area contributed by atoms with Crippen molar-refractivity contribution in [3.63, 3.8) is 0 Å². The van der Waals surface area contributed by atoms with Crippen LogP contribution in [0, 0.1) is 121 Å². The van der Waals surface area contributed by atoms with Gasteiger partial charge >= 0.3 is 18.2 Å². The predicted octanol–water partition coefficient (Wildman–Crippen LogP) is 21.8. The molecule has 5 unspecified atom stereocenters. The third kappa shape index (κ3) is 22.0. The summed E-state index contributed by atoms with van der Waals surface area (Å²) in [7, 11) is 2.20. The average molecular weight is 2480 g/mol. The second-order valence-corrected chi connectivity index (χ2v) is 40.7. The highest BCUT2D eigenvalue weighted by Crippen LogP contribution is 2.57. The van der Waals surface area contributed by atoms with Crippen LogP contribution in [0.1, 0.15) is 212 Å². The average Bonchev–Trinajstić information content (AvgIpc) is 1.59. The highest BCUT2D eigenvalue weighted by molar-refractivity contribution is 9.11. The fourth-order valence-corrected chi connectivity index (χ4v) is 25.7. The Morgan fingerprint density at radius 3 is 1.16 bits per heavy atom. The van der Waals surface area contributed by atoms with Gasteiger partial charge in [-0.1, -0.05) is 74.0 Å². The molecule has 13 aliphatic heterocycles. The number of allylic oxidation sites excluding steroid dienone is 5. The van der Waals surface area contributed by atoms with E-state index >= 15 is 0 Å². The minimum Gasteiger partial charge on any atom is -0.463 e. The van der Waals surface area contributed by atoms with E-state index in [2.05, 4.69) is 216 Å². The van der Waals surface area contributed by atoms with Crippen molar-refractivity contribution in [2.24, 2.45) is 41.4 Å². The van der Waals surface area contributed by atoms with Gasteiger partial charge in [0.25, 0.3) is 0 Å². The molecule has 10 fully saturated rings. The lowest BCUT2D eigenvalue weighted by atomic mass is 9.69. The number of alkyl halides is 2. The molecule has 18 heterocycles. The van der Waals surface area contributed by atoms with Crippen molar-refractivity contribution in [3.05, 3.63) is 274 Å². The van der Waals surface area contributed by atoms with Gasteiger partial charge in [-0.05, 0) is 258 Å². The van der Waals surface area contributed by atoms with Crippen molar-refractivity contribution >= 4 is 188 Å². The smallest absolute Gasteiger partial charge is 0.463 e. The van der Waals surface area contributed by atoms with Gasteiger partial charge in [-0.15, -0.1) is 92.4 Å². The number of nitrogens with one attached hydrogen (secondary N) is 13.